The lowest BCUT2D eigenvalue weighted by atomic mass is 9.86. The van der Waals surface area contributed by atoms with Crippen molar-refractivity contribution in [3.8, 4) is 28.5 Å². The summed E-state index contributed by atoms with van der Waals surface area (Å²) >= 11 is 0. The van der Waals surface area contributed by atoms with Crippen LogP contribution >= 0.6 is 0 Å². The zero-order valence-electron chi connectivity index (χ0n) is 20.4. The molecule has 2 aromatic heterocycles. The van der Waals surface area contributed by atoms with Crippen molar-refractivity contribution in [2.45, 2.75) is 19.3 Å². The van der Waals surface area contributed by atoms with Crippen molar-refractivity contribution in [2.75, 3.05) is 17.6 Å². The van der Waals surface area contributed by atoms with Crippen molar-refractivity contribution < 1.29 is 8.42 Å². The Morgan fingerprint density at radius 3 is 2.19 bits per heavy atom. The first-order valence-electron chi connectivity index (χ1n) is 11.4. The second-order valence-corrected chi connectivity index (χ2v) is 11.5. The average molecular weight is 496 g/mol. The van der Waals surface area contributed by atoms with Gasteiger partial charge in [0, 0.05) is 23.4 Å². The molecule has 0 fully saturated rings. The summed E-state index contributed by atoms with van der Waals surface area (Å²) in [6.45, 7) is 3.80. The number of aromatic nitrogens is 3. The number of aromatic amines is 1. The molecule has 7 nitrogen and oxygen atoms in total. The summed E-state index contributed by atoms with van der Waals surface area (Å²) in [6, 6.07) is 23.8. The quantitative estimate of drug-likeness (QED) is 0.340. The van der Waals surface area contributed by atoms with Crippen molar-refractivity contribution in [1.82, 2.24) is 15.2 Å². The van der Waals surface area contributed by atoms with Crippen LogP contribution in [0.2, 0.25) is 0 Å². The van der Waals surface area contributed by atoms with Crippen LogP contribution in [-0.4, -0.2) is 36.9 Å². The Kier molecular flexibility index (Phi) is 5.53. The van der Waals surface area contributed by atoms with Gasteiger partial charge in [0.15, 0.2) is 0 Å². The lowest BCUT2D eigenvalue weighted by Gasteiger charge is -2.17. The molecule has 0 atom stereocenters. The molecular weight excluding hydrogens is 470 g/mol. The molecule has 5 aromatic rings. The van der Waals surface area contributed by atoms with Gasteiger partial charge in [-0.3, -0.25) is 9.40 Å². The zero-order valence-corrected chi connectivity index (χ0v) is 21.3. The third kappa shape index (κ3) is 4.08. The molecule has 0 aliphatic heterocycles. The van der Waals surface area contributed by atoms with Crippen LogP contribution in [0.15, 0.2) is 72.9 Å². The predicted molar refractivity (Wildman–Crippen MR) is 144 cm³/mol. The second-order valence-electron chi connectivity index (χ2n) is 9.44. The first kappa shape index (κ1) is 23.5. The Morgan fingerprint density at radius 1 is 0.917 bits per heavy atom. The largest absolute Gasteiger partial charge is 0.276 e. The van der Waals surface area contributed by atoms with Crippen LogP contribution in [0.4, 0.5) is 5.69 Å². The Balaban J connectivity index is 1.57. The summed E-state index contributed by atoms with van der Waals surface area (Å²) in [5, 5.41) is 18.8. The Hall–Kier alpha value is -4.22. The summed E-state index contributed by atoms with van der Waals surface area (Å²) in [6.07, 6.45) is 2.99. The normalized spacial score (nSPS) is 12.1. The fraction of sp³-hybridized carbons (Fsp3) is 0.179. The maximum Gasteiger partial charge on any atom is 0.231 e. The second kappa shape index (κ2) is 8.47. The molecular formula is C28H25N5O2S. The lowest BCUT2D eigenvalue weighted by molar-refractivity contribution is 0.600. The van der Waals surface area contributed by atoms with E-state index in [0.29, 0.717) is 5.69 Å². The zero-order chi connectivity index (χ0) is 25.7. The average Bonchev–Trinajstić information content (AvgIpc) is 3.37. The molecule has 1 N–H and O–H groups in total. The number of hydrogen-bond acceptors (Lipinski definition) is 5. The third-order valence-corrected chi connectivity index (χ3v) is 7.82. The highest BCUT2D eigenvalue weighted by atomic mass is 32.2. The number of fused-ring (bicyclic) bond motifs is 3. The SMILES string of the molecule is CN(c1ccc(-c2ccc3nc(-c4ccc(C(C)(C)C#N)cc4)c4[nH]ncc4c3c2)cc1)S(C)(=O)=O. The molecule has 0 aliphatic rings. The van der Waals surface area contributed by atoms with Gasteiger partial charge in [0.1, 0.15) is 0 Å². The Labute approximate surface area is 210 Å². The number of benzene rings is 3. The fourth-order valence-corrected chi connectivity index (χ4v) is 4.75. The number of nitrogens with one attached hydrogen (secondary N) is 1. The number of nitriles is 1. The van der Waals surface area contributed by atoms with Gasteiger partial charge in [0.25, 0.3) is 0 Å². The monoisotopic (exact) mass is 495 g/mol. The van der Waals surface area contributed by atoms with Crippen LogP contribution in [0.5, 0.6) is 0 Å². The minimum atomic E-state index is -3.32. The number of hydrogen-bond donors (Lipinski definition) is 1. The van der Waals surface area contributed by atoms with E-state index in [4.69, 9.17) is 4.98 Å². The smallest absolute Gasteiger partial charge is 0.231 e. The molecule has 3 aromatic carbocycles. The highest BCUT2D eigenvalue weighted by Crippen LogP contribution is 2.34. The van der Waals surface area contributed by atoms with Crippen LogP contribution in [0, 0.1) is 11.3 Å². The van der Waals surface area contributed by atoms with E-state index in [1.54, 1.807) is 12.1 Å². The van der Waals surface area contributed by atoms with Gasteiger partial charge in [-0.25, -0.2) is 13.4 Å². The van der Waals surface area contributed by atoms with Crippen molar-refractivity contribution in [3.05, 3.63) is 78.5 Å². The van der Waals surface area contributed by atoms with Crippen LogP contribution in [0.1, 0.15) is 19.4 Å². The Bertz CT molecular complexity index is 1750. The van der Waals surface area contributed by atoms with Gasteiger partial charge in [-0.1, -0.05) is 42.5 Å². The van der Waals surface area contributed by atoms with E-state index in [0.717, 1.165) is 49.8 Å². The van der Waals surface area contributed by atoms with Crippen LogP contribution in [0.3, 0.4) is 0 Å². The van der Waals surface area contributed by atoms with E-state index < -0.39 is 15.4 Å². The van der Waals surface area contributed by atoms with E-state index >= 15 is 0 Å². The summed E-state index contributed by atoms with van der Waals surface area (Å²) in [5.74, 6) is 0. The standard InChI is InChI=1S/C28H25N5O2S/c1-28(2,17-29)21-10-5-19(6-11-21)26-27-24(16-30-32-27)23-15-20(9-14-25(23)31-26)18-7-12-22(13-8-18)33(3)36(4,34)35/h5-16H,1-4H3,(H,30,32). The maximum absolute atomic E-state index is 11.8. The number of H-pyrrole nitrogens is 1. The molecule has 0 unspecified atom stereocenters. The summed E-state index contributed by atoms with van der Waals surface area (Å²) < 4.78 is 24.9. The minimum absolute atomic E-state index is 0.562. The van der Waals surface area contributed by atoms with Gasteiger partial charge in [-0.15, -0.1) is 0 Å². The van der Waals surface area contributed by atoms with Gasteiger partial charge in [0.2, 0.25) is 10.0 Å². The molecule has 8 heteroatoms. The molecule has 0 radical (unpaired) electrons. The summed E-state index contributed by atoms with van der Waals surface area (Å²) in [5.41, 5.74) is 6.40. The molecule has 36 heavy (non-hydrogen) atoms. The van der Waals surface area contributed by atoms with Gasteiger partial charge >= 0.3 is 0 Å². The molecule has 2 heterocycles. The van der Waals surface area contributed by atoms with Gasteiger partial charge in [0.05, 0.1) is 46.4 Å². The minimum Gasteiger partial charge on any atom is -0.276 e. The first-order chi connectivity index (χ1) is 17.1. The number of anilines is 1. The molecule has 0 saturated heterocycles. The van der Waals surface area contributed by atoms with Gasteiger partial charge in [-0.05, 0) is 54.8 Å². The molecule has 0 spiro atoms. The summed E-state index contributed by atoms with van der Waals surface area (Å²) in [7, 11) is -1.78. The number of nitrogens with zero attached hydrogens (tertiary/aromatic N) is 4. The number of sulfonamides is 1. The van der Waals surface area contributed by atoms with Crippen LogP contribution in [0.25, 0.3) is 44.2 Å². The van der Waals surface area contributed by atoms with E-state index in [1.807, 2.05) is 68.6 Å². The first-order valence-corrected chi connectivity index (χ1v) is 13.3. The lowest BCUT2D eigenvalue weighted by Crippen LogP contribution is -2.24. The van der Waals surface area contributed by atoms with E-state index in [-0.39, 0.29) is 0 Å². The highest BCUT2D eigenvalue weighted by molar-refractivity contribution is 7.92. The Morgan fingerprint density at radius 2 is 1.56 bits per heavy atom. The predicted octanol–water partition coefficient (Wildman–Crippen LogP) is 5.64. The van der Waals surface area contributed by atoms with Crippen molar-refractivity contribution in [3.63, 3.8) is 0 Å². The molecule has 0 amide bonds. The van der Waals surface area contributed by atoms with Crippen molar-refractivity contribution in [2.24, 2.45) is 0 Å². The topological polar surface area (TPSA) is 103 Å². The number of rotatable bonds is 5. The summed E-state index contributed by atoms with van der Waals surface area (Å²) in [4.78, 5) is 4.95. The van der Waals surface area contributed by atoms with E-state index in [2.05, 4.69) is 22.3 Å². The molecule has 0 aliphatic carbocycles. The van der Waals surface area contributed by atoms with Gasteiger partial charge < -0.3 is 0 Å². The van der Waals surface area contributed by atoms with E-state index in [1.165, 1.54) is 17.6 Å². The maximum atomic E-state index is 11.8. The fourth-order valence-electron chi connectivity index (χ4n) is 4.25. The molecule has 0 bridgehead atoms. The van der Waals surface area contributed by atoms with Crippen LogP contribution in [-0.2, 0) is 15.4 Å². The molecule has 5 rings (SSSR count). The van der Waals surface area contributed by atoms with Gasteiger partial charge in [-0.2, -0.15) is 10.4 Å². The van der Waals surface area contributed by atoms with Crippen LogP contribution < -0.4 is 4.31 Å². The highest BCUT2D eigenvalue weighted by Gasteiger charge is 2.20. The van der Waals surface area contributed by atoms with Crippen molar-refractivity contribution >= 4 is 37.5 Å². The van der Waals surface area contributed by atoms with E-state index in [9.17, 15) is 13.7 Å². The third-order valence-electron chi connectivity index (χ3n) is 6.62. The van der Waals surface area contributed by atoms with Crippen molar-refractivity contribution in [1.29, 1.82) is 5.26 Å². The number of pyridine rings is 1. The molecule has 0 saturated carbocycles. The molecule has 180 valence electrons.